The molecule has 0 amide bonds. The minimum atomic E-state index is 0.445. The van der Waals surface area contributed by atoms with Gasteiger partial charge in [-0.1, -0.05) is 23.7 Å². The van der Waals surface area contributed by atoms with E-state index in [1.807, 2.05) is 29.9 Å². The molecule has 148 valence electrons. The largest absolute Gasteiger partial charge is 0.297 e. The highest BCUT2D eigenvalue weighted by Gasteiger charge is 2.25. The fourth-order valence-electron chi connectivity index (χ4n) is 4.20. The molecule has 0 radical (unpaired) electrons. The lowest BCUT2D eigenvalue weighted by Crippen LogP contribution is -2.34. The number of thiazole rings is 1. The van der Waals surface area contributed by atoms with Gasteiger partial charge in [0.15, 0.2) is 5.13 Å². The van der Waals surface area contributed by atoms with Crippen LogP contribution in [0.5, 0.6) is 0 Å². The van der Waals surface area contributed by atoms with Crippen molar-refractivity contribution in [1.29, 1.82) is 0 Å². The van der Waals surface area contributed by atoms with Gasteiger partial charge in [-0.05, 0) is 49.2 Å². The summed E-state index contributed by atoms with van der Waals surface area (Å²) in [5, 5.41) is 11.4. The molecule has 0 saturated carbocycles. The van der Waals surface area contributed by atoms with Gasteiger partial charge in [-0.15, -0.1) is 11.3 Å². The zero-order valence-electron chi connectivity index (χ0n) is 16.0. The first-order chi connectivity index (χ1) is 14.3. The minimum Gasteiger partial charge on any atom is -0.297 e. The molecule has 1 aromatic carbocycles. The van der Waals surface area contributed by atoms with Gasteiger partial charge in [-0.3, -0.25) is 14.6 Å². The molecule has 1 fully saturated rings. The third-order valence-corrected chi connectivity index (χ3v) is 6.60. The summed E-state index contributed by atoms with van der Waals surface area (Å²) in [4.78, 5) is 7.00. The van der Waals surface area contributed by atoms with Gasteiger partial charge in [0.05, 0.1) is 6.20 Å². The smallest absolute Gasteiger partial charge is 0.193 e. The van der Waals surface area contributed by atoms with Crippen molar-refractivity contribution in [2.45, 2.75) is 25.3 Å². The lowest BCUT2D eigenvalue weighted by molar-refractivity contribution is 0.196. The molecular weight excluding hydrogens is 402 g/mol. The molecule has 4 aromatic rings. The Morgan fingerprint density at radius 3 is 2.93 bits per heavy atom. The molecule has 1 aliphatic heterocycles. The molecule has 1 aliphatic rings. The van der Waals surface area contributed by atoms with Crippen molar-refractivity contribution in [1.82, 2.24) is 24.6 Å². The quantitative estimate of drug-likeness (QED) is 0.470. The van der Waals surface area contributed by atoms with E-state index in [1.54, 1.807) is 11.3 Å². The third kappa shape index (κ3) is 3.88. The van der Waals surface area contributed by atoms with Gasteiger partial charge in [0.25, 0.3) is 0 Å². The number of hydrogen-bond acceptors (Lipinski definition) is 4. The molecule has 0 spiro atoms. The Kier molecular flexibility index (Phi) is 5.23. The SMILES string of the molecule is Clc1ccc(-c2cn[nH]c2C2CCCN(Cc3cccn3-c3nccs3)C2)cc1. The molecule has 7 heteroatoms. The van der Waals surface area contributed by atoms with Crippen LogP contribution in [0.2, 0.25) is 5.02 Å². The molecule has 5 nitrogen and oxygen atoms in total. The van der Waals surface area contributed by atoms with Crippen molar-refractivity contribution in [2.24, 2.45) is 0 Å². The first-order valence-electron chi connectivity index (χ1n) is 9.85. The minimum absolute atomic E-state index is 0.445. The molecule has 0 aliphatic carbocycles. The zero-order chi connectivity index (χ0) is 19.6. The number of benzene rings is 1. The molecule has 29 heavy (non-hydrogen) atoms. The highest BCUT2D eigenvalue weighted by Crippen LogP contribution is 2.34. The number of nitrogens with zero attached hydrogens (tertiary/aromatic N) is 4. The van der Waals surface area contributed by atoms with Crippen molar-refractivity contribution < 1.29 is 0 Å². The van der Waals surface area contributed by atoms with E-state index in [1.165, 1.54) is 29.8 Å². The maximum atomic E-state index is 6.06. The second-order valence-corrected chi connectivity index (χ2v) is 8.77. The Morgan fingerprint density at radius 2 is 2.10 bits per heavy atom. The normalized spacial score (nSPS) is 17.6. The van der Waals surface area contributed by atoms with Gasteiger partial charge in [0.2, 0.25) is 0 Å². The standard InChI is InChI=1S/C22H22ClN5S/c23-18-7-5-16(6-8-18)20-13-25-26-21(20)17-3-1-10-27(14-17)15-19-4-2-11-28(19)22-24-9-12-29-22/h2,4-9,11-13,17H,1,3,10,14-15H2,(H,25,26). The number of halogens is 1. The van der Waals surface area contributed by atoms with Gasteiger partial charge in [-0.25, -0.2) is 4.98 Å². The van der Waals surface area contributed by atoms with Crippen molar-refractivity contribution >= 4 is 22.9 Å². The first-order valence-corrected chi connectivity index (χ1v) is 11.1. The average Bonchev–Trinajstić information content (AvgIpc) is 3.50. The van der Waals surface area contributed by atoms with Crippen LogP contribution in [0.15, 0.2) is 60.4 Å². The molecule has 1 saturated heterocycles. The van der Waals surface area contributed by atoms with Crippen molar-refractivity contribution in [3.05, 3.63) is 76.8 Å². The van der Waals surface area contributed by atoms with Gasteiger partial charge >= 0.3 is 0 Å². The maximum absolute atomic E-state index is 6.06. The Labute approximate surface area is 179 Å². The summed E-state index contributed by atoms with van der Waals surface area (Å²) in [6.07, 6.45) is 8.25. The third-order valence-electron chi connectivity index (χ3n) is 5.58. The summed E-state index contributed by atoms with van der Waals surface area (Å²) in [5.41, 5.74) is 4.85. The van der Waals surface area contributed by atoms with E-state index >= 15 is 0 Å². The fraction of sp³-hybridized carbons (Fsp3) is 0.273. The predicted octanol–water partition coefficient (Wildman–Crippen LogP) is 5.36. The van der Waals surface area contributed by atoms with E-state index in [2.05, 4.69) is 55.1 Å². The molecule has 1 N–H and O–H groups in total. The van der Waals surface area contributed by atoms with Gasteiger partial charge in [-0.2, -0.15) is 5.10 Å². The number of aromatic amines is 1. The first kappa shape index (κ1) is 18.6. The lowest BCUT2D eigenvalue weighted by Gasteiger charge is -2.32. The van der Waals surface area contributed by atoms with Crippen LogP contribution in [-0.2, 0) is 6.54 Å². The number of hydrogen-bond donors (Lipinski definition) is 1. The Hall–Kier alpha value is -2.41. The van der Waals surface area contributed by atoms with Gasteiger partial charge in [0.1, 0.15) is 0 Å². The summed E-state index contributed by atoms with van der Waals surface area (Å²) in [5.74, 6) is 0.445. The number of likely N-dealkylation sites (tertiary alicyclic amines) is 1. The fourth-order valence-corrected chi connectivity index (χ4v) is 4.98. The van der Waals surface area contributed by atoms with E-state index in [0.29, 0.717) is 5.92 Å². The van der Waals surface area contributed by atoms with Crippen LogP contribution >= 0.6 is 22.9 Å². The molecular formula is C22H22ClN5S. The van der Waals surface area contributed by atoms with E-state index < -0.39 is 0 Å². The van der Waals surface area contributed by atoms with E-state index in [9.17, 15) is 0 Å². The second kappa shape index (κ2) is 8.14. The zero-order valence-corrected chi connectivity index (χ0v) is 17.5. The maximum Gasteiger partial charge on any atom is 0.193 e. The molecule has 0 bridgehead atoms. The van der Waals surface area contributed by atoms with Crippen molar-refractivity contribution in [3.8, 4) is 16.3 Å². The second-order valence-electron chi connectivity index (χ2n) is 7.46. The van der Waals surface area contributed by atoms with Crippen LogP contribution in [0.4, 0.5) is 0 Å². The summed E-state index contributed by atoms with van der Waals surface area (Å²) in [6, 6.07) is 12.3. The number of rotatable bonds is 5. The molecule has 4 heterocycles. The Morgan fingerprint density at radius 1 is 1.21 bits per heavy atom. The van der Waals surface area contributed by atoms with Gasteiger partial charge in [0, 0.05) is 58.8 Å². The molecule has 5 rings (SSSR count). The van der Waals surface area contributed by atoms with E-state index in [4.69, 9.17) is 11.6 Å². The van der Waals surface area contributed by atoms with Crippen molar-refractivity contribution in [2.75, 3.05) is 13.1 Å². The number of aromatic nitrogens is 4. The van der Waals surface area contributed by atoms with Gasteiger partial charge < -0.3 is 0 Å². The van der Waals surface area contributed by atoms with Crippen molar-refractivity contribution in [3.63, 3.8) is 0 Å². The molecule has 1 atom stereocenters. The van der Waals surface area contributed by atoms with Crippen LogP contribution in [0.25, 0.3) is 16.3 Å². The summed E-state index contributed by atoms with van der Waals surface area (Å²) < 4.78 is 2.20. The Balaban J connectivity index is 1.34. The molecule has 1 unspecified atom stereocenters. The predicted molar refractivity (Wildman–Crippen MR) is 118 cm³/mol. The highest BCUT2D eigenvalue weighted by atomic mass is 35.5. The monoisotopic (exact) mass is 423 g/mol. The topological polar surface area (TPSA) is 49.7 Å². The number of piperidine rings is 1. The van der Waals surface area contributed by atoms with E-state index in [0.717, 1.165) is 35.4 Å². The van der Waals surface area contributed by atoms with Crippen LogP contribution < -0.4 is 0 Å². The van der Waals surface area contributed by atoms with Crippen LogP contribution in [0, 0.1) is 0 Å². The summed E-state index contributed by atoms with van der Waals surface area (Å²) in [6.45, 7) is 3.06. The highest BCUT2D eigenvalue weighted by molar-refractivity contribution is 7.12. The summed E-state index contributed by atoms with van der Waals surface area (Å²) in [7, 11) is 0. The number of nitrogens with one attached hydrogen (secondary N) is 1. The Bertz CT molecular complexity index is 1070. The van der Waals surface area contributed by atoms with Crippen LogP contribution in [0.3, 0.4) is 0 Å². The van der Waals surface area contributed by atoms with Crippen LogP contribution in [-0.4, -0.2) is 37.7 Å². The average molecular weight is 424 g/mol. The molecule has 3 aromatic heterocycles. The van der Waals surface area contributed by atoms with Crippen LogP contribution in [0.1, 0.15) is 30.1 Å². The number of H-pyrrole nitrogens is 1. The lowest BCUT2D eigenvalue weighted by atomic mass is 9.90. The van der Waals surface area contributed by atoms with E-state index in [-0.39, 0.29) is 0 Å². The summed E-state index contributed by atoms with van der Waals surface area (Å²) >= 11 is 7.73.